The number of aromatic nitrogens is 2. The van der Waals surface area contributed by atoms with Crippen molar-refractivity contribution in [3.8, 4) is 0 Å². The highest BCUT2D eigenvalue weighted by molar-refractivity contribution is 7.20. The van der Waals surface area contributed by atoms with Gasteiger partial charge in [-0.1, -0.05) is 36.4 Å². The van der Waals surface area contributed by atoms with Gasteiger partial charge in [-0.3, -0.25) is 9.48 Å². The smallest absolute Gasteiger partial charge is 0.348 e. The Hall–Kier alpha value is -3.52. The lowest BCUT2D eigenvalue weighted by Gasteiger charge is -2.06. The molecule has 0 aliphatic rings. The number of carbonyl (C=O) groups excluding carboxylic acids is 2. The molecule has 0 radical (unpaired) electrons. The second-order valence-electron chi connectivity index (χ2n) is 6.69. The normalized spacial score (nSPS) is 10.9. The molecule has 2 heterocycles. The summed E-state index contributed by atoms with van der Waals surface area (Å²) in [7, 11) is 0. The fourth-order valence-corrected chi connectivity index (χ4v) is 4.10. The lowest BCUT2D eigenvalue weighted by molar-refractivity contribution is -0.119. The first-order valence-corrected chi connectivity index (χ1v) is 10.0. The number of amides is 1. The van der Waals surface area contributed by atoms with Crippen LogP contribution in [0.4, 0.5) is 10.1 Å². The fraction of sp³-hybridized carbons (Fsp3) is 0.136. The van der Waals surface area contributed by atoms with Crippen LogP contribution < -0.4 is 5.32 Å². The molecule has 0 spiro atoms. The zero-order chi connectivity index (χ0) is 21.1. The van der Waals surface area contributed by atoms with Crippen LogP contribution in [0.25, 0.3) is 10.2 Å². The van der Waals surface area contributed by atoms with Gasteiger partial charge in [-0.05, 0) is 36.8 Å². The highest BCUT2D eigenvalue weighted by Crippen LogP contribution is 2.29. The van der Waals surface area contributed by atoms with Crippen molar-refractivity contribution >= 4 is 39.1 Å². The third kappa shape index (κ3) is 4.38. The van der Waals surface area contributed by atoms with Gasteiger partial charge in [-0.25, -0.2) is 9.18 Å². The van der Waals surface area contributed by atoms with Crippen molar-refractivity contribution < 1.29 is 18.7 Å². The van der Waals surface area contributed by atoms with Gasteiger partial charge in [0.05, 0.1) is 12.2 Å². The Morgan fingerprint density at radius 3 is 2.70 bits per heavy atom. The molecule has 2 aromatic heterocycles. The number of benzene rings is 2. The van der Waals surface area contributed by atoms with Crippen LogP contribution in [0.5, 0.6) is 0 Å². The highest BCUT2D eigenvalue weighted by Gasteiger charge is 2.18. The third-order valence-electron chi connectivity index (χ3n) is 4.43. The second kappa shape index (κ2) is 8.46. The van der Waals surface area contributed by atoms with E-state index in [0.717, 1.165) is 21.5 Å². The minimum absolute atomic E-state index is 0.300. The van der Waals surface area contributed by atoms with Crippen LogP contribution in [0, 0.1) is 12.7 Å². The largest absolute Gasteiger partial charge is 0.451 e. The van der Waals surface area contributed by atoms with Gasteiger partial charge < -0.3 is 10.1 Å². The van der Waals surface area contributed by atoms with Crippen molar-refractivity contribution in [2.75, 3.05) is 11.9 Å². The Kier molecular flexibility index (Phi) is 5.58. The molecule has 0 aliphatic carbocycles. The number of nitrogens with zero attached hydrogens (tertiary/aromatic N) is 2. The van der Waals surface area contributed by atoms with E-state index >= 15 is 0 Å². The average molecular weight is 423 g/mol. The molecular weight excluding hydrogens is 405 g/mol. The van der Waals surface area contributed by atoms with Crippen LogP contribution in [-0.4, -0.2) is 28.3 Å². The highest BCUT2D eigenvalue weighted by atomic mass is 32.1. The molecule has 4 rings (SSSR count). The molecule has 0 bridgehead atoms. The van der Waals surface area contributed by atoms with Gasteiger partial charge in [0.1, 0.15) is 15.5 Å². The zero-order valence-electron chi connectivity index (χ0n) is 16.1. The molecule has 0 saturated carbocycles. The summed E-state index contributed by atoms with van der Waals surface area (Å²) in [5.41, 5.74) is 2.23. The van der Waals surface area contributed by atoms with Crippen molar-refractivity contribution in [1.82, 2.24) is 9.78 Å². The first kappa shape index (κ1) is 19.8. The number of rotatable bonds is 6. The fourth-order valence-electron chi connectivity index (χ4n) is 3.04. The molecule has 6 nitrogen and oxygen atoms in total. The van der Waals surface area contributed by atoms with E-state index in [1.165, 1.54) is 29.5 Å². The lowest BCUT2D eigenvalue weighted by atomic mass is 10.2. The van der Waals surface area contributed by atoms with Crippen LogP contribution in [0.3, 0.4) is 0 Å². The summed E-state index contributed by atoms with van der Waals surface area (Å²) in [5, 5.41) is 7.93. The summed E-state index contributed by atoms with van der Waals surface area (Å²) in [6, 6.07) is 17.2. The maximum atomic E-state index is 13.2. The Morgan fingerprint density at radius 1 is 1.13 bits per heavy atom. The summed E-state index contributed by atoms with van der Waals surface area (Å²) >= 11 is 1.27. The van der Waals surface area contributed by atoms with Gasteiger partial charge in [-0.2, -0.15) is 5.10 Å². The van der Waals surface area contributed by atoms with Gasteiger partial charge in [0.2, 0.25) is 0 Å². The molecule has 2 aromatic carbocycles. The van der Waals surface area contributed by atoms with E-state index in [4.69, 9.17) is 4.74 Å². The number of nitrogens with one attached hydrogen (secondary N) is 1. The summed E-state index contributed by atoms with van der Waals surface area (Å²) in [6.07, 6.45) is 0. The number of anilines is 1. The van der Waals surface area contributed by atoms with Crippen molar-refractivity contribution in [2.45, 2.75) is 13.5 Å². The monoisotopic (exact) mass is 423 g/mol. The zero-order valence-corrected chi connectivity index (χ0v) is 16.9. The predicted octanol–water partition coefficient (Wildman–Crippen LogP) is 4.39. The van der Waals surface area contributed by atoms with E-state index in [9.17, 15) is 14.0 Å². The van der Waals surface area contributed by atoms with Crippen LogP contribution >= 0.6 is 11.3 Å². The molecule has 1 amide bonds. The van der Waals surface area contributed by atoms with E-state index in [0.29, 0.717) is 17.1 Å². The van der Waals surface area contributed by atoms with E-state index in [2.05, 4.69) is 10.4 Å². The molecule has 8 heteroatoms. The van der Waals surface area contributed by atoms with Gasteiger partial charge in [0.15, 0.2) is 6.61 Å². The van der Waals surface area contributed by atoms with E-state index in [1.54, 1.807) is 12.1 Å². The number of aryl methyl sites for hydroxylation is 1. The van der Waals surface area contributed by atoms with Crippen molar-refractivity contribution in [3.05, 3.63) is 82.6 Å². The van der Waals surface area contributed by atoms with Crippen LogP contribution in [0.2, 0.25) is 0 Å². The number of hydrogen-bond donors (Lipinski definition) is 1. The molecule has 0 saturated heterocycles. The predicted molar refractivity (Wildman–Crippen MR) is 113 cm³/mol. The summed E-state index contributed by atoms with van der Waals surface area (Å²) in [4.78, 5) is 25.7. The standard InChI is InChI=1S/C22H18FN3O3S/c1-14-18-11-19(30-21(18)26(25-14)12-15-6-3-2-4-7-15)22(28)29-13-20(27)24-17-9-5-8-16(23)10-17/h2-11H,12-13H2,1H3,(H,24,27). The molecule has 1 N–H and O–H groups in total. The molecule has 0 fully saturated rings. The molecule has 152 valence electrons. The number of halogens is 1. The molecule has 0 unspecified atom stereocenters. The van der Waals surface area contributed by atoms with Gasteiger partial charge >= 0.3 is 5.97 Å². The van der Waals surface area contributed by atoms with Crippen LogP contribution in [0.1, 0.15) is 20.9 Å². The average Bonchev–Trinajstić information content (AvgIpc) is 3.28. The second-order valence-corrected chi connectivity index (χ2v) is 7.72. The maximum absolute atomic E-state index is 13.2. The maximum Gasteiger partial charge on any atom is 0.348 e. The molecule has 0 aliphatic heterocycles. The number of fused-ring (bicyclic) bond motifs is 1. The Labute approximate surface area is 175 Å². The summed E-state index contributed by atoms with van der Waals surface area (Å²) in [6.45, 7) is 2.02. The van der Waals surface area contributed by atoms with Crippen molar-refractivity contribution in [2.24, 2.45) is 0 Å². The van der Waals surface area contributed by atoms with Crippen molar-refractivity contribution in [1.29, 1.82) is 0 Å². The van der Waals surface area contributed by atoms with E-state index < -0.39 is 24.3 Å². The molecule has 0 atom stereocenters. The number of carbonyl (C=O) groups is 2. The first-order chi connectivity index (χ1) is 14.5. The van der Waals surface area contributed by atoms with E-state index in [-0.39, 0.29) is 0 Å². The third-order valence-corrected chi connectivity index (χ3v) is 5.55. The van der Waals surface area contributed by atoms with Gasteiger partial charge in [0.25, 0.3) is 5.91 Å². The van der Waals surface area contributed by atoms with Gasteiger partial charge in [-0.15, -0.1) is 11.3 Å². The minimum Gasteiger partial charge on any atom is -0.451 e. The SMILES string of the molecule is Cc1nn(Cc2ccccc2)c2sc(C(=O)OCC(=O)Nc3cccc(F)c3)cc12. The number of hydrogen-bond acceptors (Lipinski definition) is 5. The topological polar surface area (TPSA) is 73.2 Å². The van der Waals surface area contributed by atoms with Crippen molar-refractivity contribution in [3.63, 3.8) is 0 Å². The Bertz CT molecular complexity index is 1220. The molecule has 4 aromatic rings. The molecular formula is C22H18FN3O3S. The number of esters is 1. The quantitative estimate of drug-likeness (QED) is 0.467. The Morgan fingerprint density at radius 2 is 1.93 bits per heavy atom. The van der Waals surface area contributed by atoms with Crippen LogP contribution in [-0.2, 0) is 16.1 Å². The first-order valence-electron chi connectivity index (χ1n) is 9.23. The van der Waals surface area contributed by atoms with E-state index in [1.807, 2.05) is 41.9 Å². The lowest BCUT2D eigenvalue weighted by Crippen LogP contribution is -2.20. The summed E-state index contributed by atoms with van der Waals surface area (Å²) in [5.74, 6) is -1.59. The number of ether oxygens (including phenoxy) is 1. The number of thiophene rings is 1. The Balaban J connectivity index is 1.43. The summed E-state index contributed by atoms with van der Waals surface area (Å²) < 4.78 is 20.2. The minimum atomic E-state index is -0.587. The molecule has 30 heavy (non-hydrogen) atoms. The van der Waals surface area contributed by atoms with Crippen LogP contribution in [0.15, 0.2) is 60.7 Å². The van der Waals surface area contributed by atoms with Gasteiger partial charge in [0, 0.05) is 11.1 Å².